The summed E-state index contributed by atoms with van der Waals surface area (Å²) in [4.78, 5) is 2.35. The zero-order valence-electron chi connectivity index (χ0n) is 8.42. The molecule has 74 valence electrons. The lowest BCUT2D eigenvalue weighted by Crippen LogP contribution is -2.28. The van der Waals surface area contributed by atoms with Crippen molar-refractivity contribution in [1.82, 2.24) is 4.90 Å². The predicted octanol–water partition coefficient (Wildman–Crippen LogP) is 1.25. The van der Waals surface area contributed by atoms with E-state index in [4.69, 9.17) is 6.42 Å². The summed E-state index contributed by atoms with van der Waals surface area (Å²) in [5.74, 6) is 2.65. The van der Waals surface area contributed by atoms with Gasteiger partial charge in [-0.3, -0.25) is 0 Å². The predicted molar refractivity (Wildman–Crippen MR) is 54.4 cm³/mol. The molecule has 1 aliphatic heterocycles. The Kier molecular flexibility index (Phi) is 3.77. The fraction of sp³-hybridized carbons (Fsp3) is 0.818. The van der Waals surface area contributed by atoms with E-state index in [2.05, 4.69) is 10.8 Å². The number of nitrogens with zero attached hydrogens (tertiary/aromatic N) is 1. The molecule has 0 aromatic rings. The van der Waals surface area contributed by atoms with Gasteiger partial charge in [-0.2, -0.15) is 0 Å². The van der Waals surface area contributed by atoms with Gasteiger partial charge in [0.05, 0.1) is 5.60 Å². The van der Waals surface area contributed by atoms with E-state index < -0.39 is 5.60 Å². The molecule has 1 rings (SSSR count). The second kappa shape index (κ2) is 4.64. The van der Waals surface area contributed by atoms with Crippen molar-refractivity contribution >= 4 is 0 Å². The minimum atomic E-state index is -0.453. The molecule has 1 atom stereocenters. The topological polar surface area (TPSA) is 23.5 Å². The number of rotatable bonds is 2. The standard InChI is InChI=1S/C11H19NO/c1-3-4-8-12-9-5-6-11(2,13)7-10-12/h1,13H,4-10H2,2H3. The lowest BCUT2D eigenvalue weighted by molar-refractivity contribution is 0.0447. The van der Waals surface area contributed by atoms with Crippen LogP contribution in [0.5, 0.6) is 0 Å². The number of likely N-dealkylation sites (tertiary alicyclic amines) is 1. The van der Waals surface area contributed by atoms with Crippen molar-refractivity contribution in [3.63, 3.8) is 0 Å². The monoisotopic (exact) mass is 181 g/mol. The molecule has 1 N–H and O–H groups in total. The average Bonchev–Trinajstić information content (AvgIpc) is 2.23. The molecule has 0 aromatic carbocycles. The van der Waals surface area contributed by atoms with Crippen LogP contribution in [0.2, 0.25) is 0 Å². The fourth-order valence-corrected chi connectivity index (χ4v) is 1.77. The van der Waals surface area contributed by atoms with Crippen LogP contribution in [-0.4, -0.2) is 35.2 Å². The van der Waals surface area contributed by atoms with E-state index in [1.54, 1.807) is 0 Å². The van der Waals surface area contributed by atoms with Crippen LogP contribution in [0.4, 0.5) is 0 Å². The van der Waals surface area contributed by atoms with Gasteiger partial charge >= 0.3 is 0 Å². The van der Waals surface area contributed by atoms with Crippen molar-refractivity contribution in [2.45, 2.75) is 38.2 Å². The molecule has 0 bridgehead atoms. The highest BCUT2D eigenvalue weighted by molar-refractivity contribution is 4.86. The number of aliphatic hydroxyl groups is 1. The highest BCUT2D eigenvalue weighted by Crippen LogP contribution is 2.21. The van der Waals surface area contributed by atoms with Gasteiger partial charge in [0.1, 0.15) is 0 Å². The van der Waals surface area contributed by atoms with Crippen molar-refractivity contribution in [1.29, 1.82) is 0 Å². The first-order valence-corrected chi connectivity index (χ1v) is 5.02. The SMILES string of the molecule is C#CCCN1CCCC(C)(O)CC1. The third-order valence-electron chi connectivity index (χ3n) is 2.73. The van der Waals surface area contributed by atoms with Gasteiger partial charge in [-0.1, -0.05) is 0 Å². The Balaban J connectivity index is 2.33. The summed E-state index contributed by atoms with van der Waals surface area (Å²) in [6.45, 7) is 4.97. The minimum Gasteiger partial charge on any atom is -0.390 e. The van der Waals surface area contributed by atoms with Gasteiger partial charge < -0.3 is 10.0 Å². The number of hydrogen-bond donors (Lipinski definition) is 1. The van der Waals surface area contributed by atoms with E-state index in [1.165, 1.54) is 0 Å². The Bertz CT molecular complexity index is 193. The van der Waals surface area contributed by atoms with Gasteiger partial charge in [-0.15, -0.1) is 12.3 Å². The summed E-state index contributed by atoms with van der Waals surface area (Å²) in [5, 5.41) is 9.83. The Morgan fingerprint density at radius 3 is 2.92 bits per heavy atom. The summed E-state index contributed by atoms with van der Waals surface area (Å²) in [5.41, 5.74) is -0.453. The largest absolute Gasteiger partial charge is 0.390 e. The van der Waals surface area contributed by atoms with Crippen LogP contribution in [0.3, 0.4) is 0 Å². The van der Waals surface area contributed by atoms with Crippen LogP contribution >= 0.6 is 0 Å². The normalized spacial score (nSPS) is 30.8. The molecule has 0 amide bonds. The molecule has 0 saturated carbocycles. The third-order valence-corrected chi connectivity index (χ3v) is 2.73. The Morgan fingerprint density at radius 2 is 2.23 bits per heavy atom. The van der Waals surface area contributed by atoms with Crippen molar-refractivity contribution in [3.05, 3.63) is 0 Å². The zero-order valence-corrected chi connectivity index (χ0v) is 8.42. The van der Waals surface area contributed by atoms with Gasteiger partial charge in [-0.05, 0) is 32.7 Å². The Morgan fingerprint density at radius 1 is 1.46 bits per heavy atom. The smallest absolute Gasteiger partial charge is 0.0632 e. The van der Waals surface area contributed by atoms with Crippen LogP contribution in [0.1, 0.15) is 32.6 Å². The minimum absolute atomic E-state index is 0.453. The molecule has 1 saturated heterocycles. The molecule has 0 radical (unpaired) electrons. The van der Waals surface area contributed by atoms with E-state index in [-0.39, 0.29) is 0 Å². The Hall–Kier alpha value is -0.520. The van der Waals surface area contributed by atoms with Crippen LogP contribution < -0.4 is 0 Å². The van der Waals surface area contributed by atoms with Crippen LogP contribution in [0.25, 0.3) is 0 Å². The maximum atomic E-state index is 9.83. The van der Waals surface area contributed by atoms with Crippen molar-refractivity contribution < 1.29 is 5.11 Å². The second-order valence-corrected chi connectivity index (χ2v) is 4.15. The third kappa shape index (κ3) is 3.80. The quantitative estimate of drug-likeness (QED) is 0.648. The van der Waals surface area contributed by atoms with Gasteiger partial charge in [0.25, 0.3) is 0 Å². The van der Waals surface area contributed by atoms with E-state index in [1.807, 2.05) is 6.92 Å². The van der Waals surface area contributed by atoms with Crippen molar-refractivity contribution in [3.8, 4) is 12.3 Å². The fourth-order valence-electron chi connectivity index (χ4n) is 1.77. The van der Waals surface area contributed by atoms with Gasteiger partial charge in [0, 0.05) is 19.5 Å². The molecule has 0 spiro atoms. The summed E-state index contributed by atoms with van der Waals surface area (Å²) >= 11 is 0. The maximum Gasteiger partial charge on any atom is 0.0632 e. The maximum absolute atomic E-state index is 9.83. The second-order valence-electron chi connectivity index (χ2n) is 4.15. The van der Waals surface area contributed by atoms with Crippen molar-refractivity contribution in [2.24, 2.45) is 0 Å². The molecule has 2 nitrogen and oxygen atoms in total. The zero-order chi connectivity index (χ0) is 9.73. The molecule has 0 aromatic heterocycles. The molecular formula is C11H19NO. The van der Waals surface area contributed by atoms with Crippen molar-refractivity contribution in [2.75, 3.05) is 19.6 Å². The average molecular weight is 181 g/mol. The molecule has 1 heterocycles. The summed E-state index contributed by atoms with van der Waals surface area (Å²) in [6, 6.07) is 0. The first-order valence-electron chi connectivity index (χ1n) is 5.02. The molecule has 1 aliphatic rings. The summed E-state index contributed by atoms with van der Waals surface area (Å²) in [6.07, 6.45) is 8.90. The van der Waals surface area contributed by atoms with Gasteiger partial charge in [-0.25, -0.2) is 0 Å². The molecular weight excluding hydrogens is 162 g/mol. The van der Waals surface area contributed by atoms with E-state index in [0.29, 0.717) is 0 Å². The molecule has 1 unspecified atom stereocenters. The van der Waals surface area contributed by atoms with Gasteiger partial charge in [0.15, 0.2) is 0 Å². The van der Waals surface area contributed by atoms with Crippen LogP contribution in [-0.2, 0) is 0 Å². The molecule has 1 fully saturated rings. The van der Waals surface area contributed by atoms with Crippen LogP contribution in [0, 0.1) is 12.3 Å². The highest BCUT2D eigenvalue weighted by atomic mass is 16.3. The summed E-state index contributed by atoms with van der Waals surface area (Å²) in [7, 11) is 0. The van der Waals surface area contributed by atoms with Crippen LogP contribution in [0.15, 0.2) is 0 Å². The molecule has 2 heteroatoms. The van der Waals surface area contributed by atoms with E-state index in [9.17, 15) is 5.11 Å². The lowest BCUT2D eigenvalue weighted by atomic mass is 9.98. The molecule has 13 heavy (non-hydrogen) atoms. The van der Waals surface area contributed by atoms with E-state index in [0.717, 1.165) is 45.3 Å². The Labute approximate surface area is 80.9 Å². The van der Waals surface area contributed by atoms with E-state index >= 15 is 0 Å². The number of terminal acetylenes is 1. The lowest BCUT2D eigenvalue weighted by Gasteiger charge is -2.21. The first-order chi connectivity index (χ1) is 6.14. The summed E-state index contributed by atoms with van der Waals surface area (Å²) < 4.78 is 0. The van der Waals surface area contributed by atoms with Gasteiger partial charge in [0.2, 0.25) is 0 Å². The number of hydrogen-bond acceptors (Lipinski definition) is 2. The molecule has 0 aliphatic carbocycles. The first kappa shape index (κ1) is 10.6. The highest BCUT2D eigenvalue weighted by Gasteiger charge is 2.24.